The first-order valence-corrected chi connectivity index (χ1v) is 8.19. The van der Waals surface area contributed by atoms with Crippen molar-refractivity contribution in [2.45, 2.75) is 13.8 Å². The van der Waals surface area contributed by atoms with Crippen LogP contribution in [-0.4, -0.2) is 11.5 Å². The second kappa shape index (κ2) is 6.73. The van der Waals surface area contributed by atoms with Gasteiger partial charge in [-0.2, -0.15) is 9.64 Å². The lowest BCUT2D eigenvalue weighted by Gasteiger charge is -2.07. The van der Waals surface area contributed by atoms with Crippen molar-refractivity contribution in [1.82, 2.24) is 4.37 Å². The molecule has 0 aliphatic rings. The van der Waals surface area contributed by atoms with E-state index >= 15 is 0 Å². The minimum absolute atomic E-state index is 0.450. The zero-order chi connectivity index (χ0) is 17.1. The van der Waals surface area contributed by atoms with E-state index in [4.69, 9.17) is 9.47 Å². The molecule has 0 aliphatic heterocycles. The van der Waals surface area contributed by atoms with Gasteiger partial charge in [0.2, 0.25) is 5.06 Å². The Morgan fingerprint density at radius 3 is 2.50 bits per heavy atom. The number of hydrogen-bond acceptors (Lipinski definition) is 5. The first kappa shape index (κ1) is 16.0. The van der Waals surface area contributed by atoms with Crippen molar-refractivity contribution in [3.8, 4) is 33.9 Å². The van der Waals surface area contributed by atoms with Crippen molar-refractivity contribution in [2.24, 2.45) is 0 Å². The van der Waals surface area contributed by atoms with E-state index in [1.807, 2.05) is 56.3 Å². The zero-order valence-corrected chi connectivity index (χ0v) is 14.5. The van der Waals surface area contributed by atoms with Crippen LogP contribution in [-0.2, 0) is 0 Å². The largest absolute Gasteiger partial charge is 0.497 e. The average molecular weight is 336 g/mol. The van der Waals surface area contributed by atoms with Crippen LogP contribution in [0.4, 0.5) is 0 Å². The summed E-state index contributed by atoms with van der Waals surface area (Å²) < 4.78 is 15.5. The first-order chi connectivity index (χ1) is 11.6. The fourth-order valence-corrected chi connectivity index (χ4v) is 3.04. The fourth-order valence-electron chi connectivity index (χ4n) is 2.31. The number of nitrogens with zero attached hydrogens (tertiary/aromatic N) is 2. The van der Waals surface area contributed by atoms with Gasteiger partial charge in [0.25, 0.3) is 0 Å². The maximum Gasteiger partial charge on any atom is 0.218 e. The van der Waals surface area contributed by atoms with Gasteiger partial charge in [-0.1, -0.05) is 12.1 Å². The Hall–Kier alpha value is -2.84. The summed E-state index contributed by atoms with van der Waals surface area (Å²) in [6.07, 6.45) is 0. The standard InChI is InChI=1S/C19H16N2O2S/c1-12-4-5-13(2)17(10-12)23-19-16(11-20)18(21-24-19)14-6-8-15(22-3)9-7-14/h4-10H,1-3H3. The molecule has 1 aromatic heterocycles. The molecule has 4 nitrogen and oxygen atoms in total. The Balaban J connectivity index is 1.97. The molecule has 24 heavy (non-hydrogen) atoms. The minimum atomic E-state index is 0.450. The van der Waals surface area contributed by atoms with Gasteiger partial charge in [0.05, 0.1) is 7.11 Å². The second-order valence-corrected chi connectivity index (χ2v) is 6.14. The van der Waals surface area contributed by atoms with E-state index < -0.39 is 0 Å². The van der Waals surface area contributed by atoms with E-state index in [9.17, 15) is 5.26 Å². The van der Waals surface area contributed by atoms with E-state index in [-0.39, 0.29) is 0 Å². The predicted molar refractivity (Wildman–Crippen MR) is 94.8 cm³/mol. The van der Waals surface area contributed by atoms with Crippen LogP contribution in [0.2, 0.25) is 0 Å². The SMILES string of the molecule is COc1ccc(-c2nsc(Oc3cc(C)ccc3C)c2C#N)cc1. The second-order valence-electron chi connectivity index (χ2n) is 5.40. The summed E-state index contributed by atoms with van der Waals surface area (Å²) in [5, 5.41) is 10.1. The van der Waals surface area contributed by atoms with Crippen molar-refractivity contribution >= 4 is 11.5 Å². The summed E-state index contributed by atoms with van der Waals surface area (Å²) in [6, 6.07) is 15.7. The smallest absolute Gasteiger partial charge is 0.218 e. The summed E-state index contributed by atoms with van der Waals surface area (Å²) in [6.45, 7) is 3.99. The van der Waals surface area contributed by atoms with Crippen molar-refractivity contribution in [1.29, 1.82) is 5.26 Å². The average Bonchev–Trinajstić information content (AvgIpc) is 3.01. The molecule has 0 atom stereocenters. The molecule has 0 fully saturated rings. The summed E-state index contributed by atoms with van der Waals surface area (Å²) in [4.78, 5) is 0. The Morgan fingerprint density at radius 1 is 1.08 bits per heavy atom. The lowest BCUT2D eigenvalue weighted by Crippen LogP contribution is -1.89. The van der Waals surface area contributed by atoms with Gasteiger partial charge in [-0.3, -0.25) is 0 Å². The van der Waals surface area contributed by atoms with Crippen LogP contribution < -0.4 is 9.47 Å². The third-order valence-corrected chi connectivity index (χ3v) is 4.41. The van der Waals surface area contributed by atoms with E-state index in [0.717, 1.165) is 28.2 Å². The van der Waals surface area contributed by atoms with Crippen LogP contribution in [0.5, 0.6) is 16.6 Å². The molecule has 0 unspecified atom stereocenters. The molecule has 1 heterocycles. The summed E-state index contributed by atoms with van der Waals surface area (Å²) in [5.41, 5.74) is 4.06. The third-order valence-electron chi connectivity index (χ3n) is 3.68. The lowest BCUT2D eigenvalue weighted by atomic mass is 10.1. The van der Waals surface area contributed by atoms with Crippen molar-refractivity contribution in [2.75, 3.05) is 7.11 Å². The molecule has 3 rings (SSSR count). The molecular weight excluding hydrogens is 320 g/mol. The number of aryl methyl sites for hydroxylation is 2. The Morgan fingerprint density at radius 2 is 1.83 bits per heavy atom. The monoisotopic (exact) mass is 336 g/mol. The molecular formula is C19H16N2O2S. The van der Waals surface area contributed by atoms with Crippen LogP contribution in [0.25, 0.3) is 11.3 Å². The van der Waals surface area contributed by atoms with Crippen LogP contribution >= 0.6 is 11.5 Å². The Bertz CT molecular complexity index is 908. The van der Waals surface area contributed by atoms with Gasteiger partial charge in [-0.15, -0.1) is 0 Å². The quantitative estimate of drug-likeness (QED) is 0.665. The normalized spacial score (nSPS) is 10.2. The lowest BCUT2D eigenvalue weighted by molar-refractivity contribution is 0.415. The maximum atomic E-state index is 9.56. The third kappa shape index (κ3) is 3.10. The van der Waals surface area contributed by atoms with Crippen LogP contribution in [0.3, 0.4) is 0 Å². The van der Waals surface area contributed by atoms with Crippen LogP contribution in [0.1, 0.15) is 16.7 Å². The van der Waals surface area contributed by atoms with Crippen molar-refractivity contribution < 1.29 is 9.47 Å². The summed E-state index contributed by atoms with van der Waals surface area (Å²) in [7, 11) is 1.62. The van der Waals surface area contributed by atoms with Gasteiger partial charge in [-0.25, -0.2) is 0 Å². The Labute approximate surface area is 145 Å². The number of methoxy groups -OCH3 is 1. The van der Waals surface area contributed by atoms with E-state index in [2.05, 4.69) is 10.4 Å². The van der Waals surface area contributed by atoms with E-state index in [0.29, 0.717) is 16.3 Å². The number of benzene rings is 2. The molecule has 0 saturated heterocycles. The van der Waals surface area contributed by atoms with Crippen molar-refractivity contribution in [3.63, 3.8) is 0 Å². The molecule has 0 amide bonds. The minimum Gasteiger partial charge on any atom is -0.497 e. The molecule has 5 heteroatoms. The number of rotatable bonds is 4. The number of aromatic nitrogens is 1. The Kier molecular flexibility index (Phi) is 4.50. The van der Waals surface area contributed by atoms with E-state index in [1.54, 1.807) is 7.11 Å². The van der Waals surface area contributed by atoms with Gasteiger partial charge in [0.15, 0.2) is 0 Å². The molecule has 0 aliphatic carbocycles. The molecule has 2 aromatic carbocycles. The number of ether oxygens (including phenoxy) is 2. The van der Waals surface area contributed by atoms with Gasteiger partial charge in [-0.05, 0) is 55.3 Å². The fraction of sp³-hybridized carbons (Fsp3) is 0.158. The number of hydrogen-bond donors (Lipinski definition) is 0. The molecule has 0 bridgehead atoms. The van der Waals surface area contributed by atoms with Crippen molar-refractivity contribution in [3.05, 3.63) is 59.2 Å². The molecule has 120 valence electrons. The van der Waals surface area contributed by atoms with Crippen LogP contribution in [0, 0.1) is 25.2 Å². The van der Waals surface area contributed by atoms with Gasteiger partial charge >= 0.3 is 0 Å². The molecule has 3 aromatic rings. The highest BCUT2D eigenvalue weighted by molar-refractivity contribution is 7.08. The molecule has 0 N–H and O–H groups in total. The predicted octanol–water partition coefficient (Wildman–Crippen LogP) is 5.10. The highest BCUT2D eigenvalue weighted by atomic mass is 32.1. The summed E-state index contributed by atoms with van der Waals surface area (Å²) in [5.74, 6) is 1.51. The van der Waals surface area contributed by atoms with Gasteiger partial charge < -0.3 is 9.47 Å². The topological polar surface area (TPSA) is 55.1 Å². The number of nitriles is 1. The van der Waals surface area contributed by atoms with Gasteiger partial charge in [0.1, 0.15) is 28.8 Å². The molecule has 0 spiro atoms. The first-order valence-electron chi connectivity index (χ1n) is 7.41. The van der Waals surface area contributed by atoms with Gasteiger partial charge in [0, 0.05) is 17.1 Å². The van der Waals surface area contributed by atoms with Crippen LogP contribution in [0.15, 0.2) is 42.5 Å². The molecule has 0 radical (unpaired) electrons. The molecule has 0 saturated carbocycles. The van der Waals surface area contributed by atoms with E-state index in [1.165, 1.54) is 11.5 Å². The summed E-state index contributed by atoms with van der Waals surface area (Å²) >= 11 is 1.19. The highest BCUT2D eigenvalue weighted by Crippen LogP contribution is 2.37. The highest BCUT2D eigenvalue weighted by Gasteiger charge is 2.18. The maximum absolute atomic E-state index is 9.56. The zero-order valence-electron chi connectivity index (χ0n) is 13.7.